The van der Waals surface area contributed by atoms with Crippen LogP contribution in [0.2, 0.25) is 0 Å². The number of halogens is 3. The molecule has 1 atom stereocenters. The molecular formula is C9H14F3NO3. The van der Waals surface area contributed by atoms with Crippen LogP contribution in [0, 0.1) is 5.41 Å². The van der Waals surface area contributed by atoms with Crippen LogP contribution >= 0.6 is 0 Å². The first-order valence-electron chi connectivity index (χ1n) is 4.92. The van der Waals surface area contributed by atoms with Crippen molar-refractivity contribution in [2.45, 2.75) is 19.0 Å². The largest absolute Gasteiger partial charge is 0.481 e. The molecule has 1 unspecified atom stereocenters. The van der Waals surface area contributed by atoms with Gasteiger partial charge in [0.25, 0.3) is 0 Å². The van der Waals surface area contributed by atoms with E-state index >= 15 is 0 Å². The Morgan fingerprint density at radius 3 is 2.44 bits per heavy atom. The van der Waals surface area contributed by atoms with Gasteiger partial charge < -0.3 is 15.1 Å². The third kappa shape index (κ3) is 2.65. The maximum Gasteiger partial charge on any atom is 0.397 e. The molecule has 7 heteroatoms. The molecule has 0 saturated carbocycles. The molecule has 1 saturated heterocycles. The molecule has 0 aromatic heterocycles. The van der Waals surface area contributed by atoms with Crippen LogP contribution in [-0.2, 0) is 4.79 Å². The van der Waals surface area contributed by atoms with Crippen molar-refractivity contribution in [2.24, 2.45) is 5.41 Å². The Morgan fingerprint density at radius 2 is 2.06 bits per heavy atom. The topological polar surface area (TPSA) is 60.8 Å². The minimum atomic E-state index is -4.44. The average molecular weight is 241 g/mol. The second-order valence-electron chi connectivity index (χ2n) is 4.11. The predicted molar refractivity (Wildman–Crippen MR) is 48.9 cm³/mol. The number of aliphatic hydroxyl groups is 1. The molecule has 2 N–H and O–H groups in total. The van der Waals surface area contributed by atoms with Gasteiger partial charge in [0.1, 0.15) is 5.41 Å². The van der Waals surface area contributed by atoms with E-state index in [1.165, 1.54) is 4.90 Å². The molecule has 0 bridgehead atoms. The quantitative estimate of drug-likeness (QED) is 0.761. The summed E-state index contributed by atoms with van der Waals surface area (Å²) in [5.74, 6) is -1.03. The van der Waals surface area contributed by atoms with Crippen LogP contribution in [0.3, 0.4) is 0 Å². The first kappa shape index (κ1) is 13.2. The highest BCUT2D eigenvalue weighted by Gasteiger charge is 2.57. The molecule has 1 fully saturated rings. The van der Waals surface area contributed by atoms with Crippen molar-refractivity contribution in [3.05, 3.63) is 0 Å². The molecule has 16 heavy (non-hydrogen) atoms. The van der Waals surface area contributed by atoms with E-state index in [4.69, 9.17) is 10.2 Å². The summed E-state index contributed by atoms with van der Waals surface area (Å²) in [5.41, 5.74) is -2.08. The number of nitrogens with zero attached hydrogens (tertiary/aromatic N) is 1. The molecule has 1 rings (SSSR count). The number of aliphatic carboxylic acids is 1. The SMILES string of the molecule is O=C(O)CCN1CCC(CO)(C(F)(F)F)C1. The maximum absolute atomic E-state index is 12.7. The van der Waals surface area contributed by atoms with Crippen LogP contribution in [0.5, 0.6) is 0 Å². The van der Waals surface area contributed by atoms with Gasteiger partial charge in [-0.05, 0) is 13.0 Å². The van der Waals surface area contributed by atoms with Crippen LogP contribution < -0.4 is 0 Å². The van der Waals surface area contributed by atoms with Crippen molar-refractivity contribution in [2.75, 3.05) is 26.2 Å². The van der Waals surface area contributed by atoms with Gasteiger partial charge in [-0.25, -0.2) is 0 Å². The number of alkyl halides is 3. The summed E-state index contributed by atoms with van der Waals surface area (Å²) >= 11 is 0. The number of carboxylic acids is 1. The molecule has 4 nitrogen and oxygen atoms in total. The fraction of sp³-hybridized carbons (Fsp3) is 0.889. The predicted octanol–water partition coefficient (Wildman–Crippen LogP) is 0.708. The first-order valence-corrected chi connectivity index (χ1v) is 4.92. The van der Waals surface area contributed by atoms with E-state index in [-0.39, 0.29) is 32.5 Å². The zero-order valence-electron chi connectivity index (χ0n) is 8.63. The van der Waals surface area contributed by atoms with Gasteiger partial charge in [0.15, 0.2) is 0 Å². The normalized spacial score (nSPS) is 27.2. The molecule has 0 aromatic rings. The molecule has 0 radical (unpaired) electrons. The molecule has 0 aliphatic carbocycles. The molecule has 0 aromatic carbocycles. The van der Waals surface area contributed by atoms with Crippen LogP contribution in [-0.4, -0.2) is 53.5 Å². The minimum absolute atomic E-state index is 0.0904. The molecular weight excluding hydrogens is 227 g/mol. The fourth-order valence-corrected chi connectivity index (χ4v) is 1.85. The Hall–Kier alpha value is -0.820. The number of likely N-dealkylation sites (tertiary alicyclic amines) is 1. The standard InChI is InChI=1S/C9H14F3NO3/c10-9(11,12)8(6-14)2-4-13(5-8)3-1-7(15)16/h14H,1-6H2,(H,15,16). The summed E-state index contributed by atoms with van der Waals surface area (Å²) < 4.78 is 38.1. The Bertz CT molecular complexity index is 269. The van der Waals surface area contributed by atoms with Crippen molar-refractivity contribution in [1.82, 2.24) is 4.90 Å². The van der Waals surface area contributed by atoms with Gasteiger partial charge in [-0.1, -0.05) is 0 Å². The van der Waals surface area contributed by atoms with Crippen LogP contribution in [0.25, 0.3) is 0 Å². The van der Waals surface area contributed by atoms with Crippen LogP contribution in [0.1, 0.15) is 12.8 Å². The van der Waals surface area contributed by atoms with Gasteiger partial charge in [0.2, 0.25) is 0 Å². The fourth-order valence-electron chi connectivity index (χ4n) is 1.85. The van der Waals surface area contributed by atoms with Gasteiger partial charge in [-0.2, -0.15) is 13.2 Å². The number of rotatable bonds is 4. The summed E-state index contributed by atoms with van der Waals surface area (Å²) in [6.45, 7) is -0.999. The minimum Gasteiger partial charge on any atom is -0.481 e. The van der Waals surface area contributed by atoms with Crippen molar-refractivity contribution >= 4 is 5.97 Å². The zero-order chi connectivity index (χ0) is 12.4. The summed E-state index contributed by atoms with van der Waals surface area (Å²) in [5, 5.41) is 17.3. The van der Waals surface area contributed by atoms with Gasteiger partial charge in [-0.3, -0.25) is 4.79 Å². The Labute approximate surface area is 90.7 Å². The van der Waals surface area contributed by atoms with E-state index in [1.807, 2.05) is 0 Å². The van der Waals surface area contributed by atoms with E-state index in [2.05, 4.69) is 0 Å². The van der Waals surface area contributed by atoms with Crippen LogP contribution in [0.4, 0.5) is 13.2 Å². The molecule has 0 amide bonds. The van der Waals surface area contributed by atoms with Gasteiger partial charge >= 0.3 is 12.1 Å². The Balaban J connectivity index is 2.58. The van der Waals surface area contributed by atoms with Crippen LogP contribution in [0.15, 0.2) is 0 Å². The van der Waals surface area contributed by atoms with Crippen molar-refractivity contribution < 1.29 is 28.2 Å². The number of aliphatic hydroxyl groups excluding tert-OH is 1. The summed E-state index contributed by atoms with van der Waals surface area (Å²) in [7, 11) is 0. The van der Waals surface area contributed by atoms with E-state index < -0.39 is 24.2 Å². The second kappa shape index (κ2) is 4.58. The van der Waals surface area contributed by atoms with E-state index in [9.17, 15) is 18.0 Å². The number of hydrogen-bond donors (Lipinski definition) is 2. The summed E-state index contributed by atoms with van der Waals surface area (Å²) in [4.78, 5) is 11.7. The Morgan fingerprint density at radius 1 is 1.44 bits per heavy atom. The number of carbonyl (C=O) groups is 1. The Kier molecular flexibility index (Phi) is 3.80. The molecule has 0 spiro atoms. The highest BCUT2D eigenvalue weighted by atomic mass is 19.4. The monoisotopic (exact) mass is 241 g/mol. The summed E-state index contributed by atoms with van der Waals surface area (Å²) in [6.07, 6.45) is -4.80. The maximum atomic E-state index is 12.7. The molecule has 1 aliphatic rings. The molecule has 1 heterocycles. The van der Waals surface area contributed by atoms with Gasteiger partial charge in [0.05, 0.1) is 13.0 Å². The van der Waals surface area contributed by atoms with Gasteiger partial charge in [-0.15, -0.1) is 0 Å². The highest BCUT2D eigenvalue weighted by Crippen LogP contribution is 2.44. The highest BCUT2D eigenvalue weighted by molar-refractivity contribution is 5.66. The van der Waals surface area contributed by atoms with Crippen molar-refractivity contribution in [1.29, 1.82) is 0 Å². The summed E-state index contributed by atoms with van der Waals surface area (Å²) in [6, 6.07) is 0. The van der Waals surface area contributed by atoms with E-state index in [1.54, 1.807) is 0 Å². The lowest BCUT2D eigenvalue weighted by molar-refractivity contribution is -0.230. The lowest BCUT2D eigenvalue weighted by atomic mass is 9.87. The zero-order valence-corrected chi connectivity index (χ0v) is 8.63. The lowest BCUT2D eigenvalue weighted by Crippen LogP contribution is -2.43. The third-order valence-corrected chi connectivity index (χ3v) is 2.98. The first-order chi connectivity index (χ1) is 7.31. The average Bonchev–Trinajstić information content (AvgIpc) is 2.58. The van der Waals surface area contributed by atoms with Gasteiger partial charge in [0, 0.05) is 13.1 Å². The van der Waals surface area contributed by atoms with Crippen molar-refractivity contribution in [3.63, 3.8) is 0 Å². The molecule has 1 aliphatic heterocycles. The van der Waals surface area contributed by atoms with Crippen molar-refractivity contribution in [3.8, 4) is 0 Å². The number of hydrogen-bond acceptors (Lipinski definition) is 3. The van der Waals surface area contributed by atoms with E-state index in [0.717, 1.165) is 0 Å². The number of carboxylic acid groups (broad SMARTS) is 1. The third-order valence-electron chi connectivity index (χ3n) is 2.98. The molecule has 94 valence electrons. The second-order valence-corrected chi connectivity index (χ2v) is 4.11. The smallest absolute Gasteiger partial charge is 0.397 e. The van der Waals surface area contributed by atoms with E-state index in [0.29, 0.717) is 0 Å². The lowest BCUT2D eigenvalue weighted by Gasteiger charge is -2.29.